The standard InChI is InChI=1S/C19H27NO/c1-3-19(13-10-18(21)11-14-19)12-7-15-20-16(2)17-8-5-4-6-9-17/h4-6,8-10,13,16,20H,3,7,11-12,14-15H2,1-2H3/t16-,19+/m0/s1. The maximum absolute atomic E-state index is 11.3. The van der Waals surface area contributed by atoms with Crippen molar-refractivity contribution >= 4 is 5.78 Å². The molecule has 2 nitrogen and oxygen atoms in total. The molecule has 0 spiro atoms. The van der Waals surface area contributed by atoms with Crippen LogP contribution in [0.2, 0.25) is 0 Å². The Hall–Kier alpha value is -1.41. The minimum absolute atomic E-state index is 0.256. The van der Waals surface area contributed by atoms with E-state index >= 15 is 0 Å². The molecule has 0 fully saturated rings. The van der Waals surface area contributed by atoms with E-state index in [-0.39, 0.29) is 11.2 Å². The average molecular weight is 285 g/mol. The Morgan fingerprint density at radius 3 is 2.67 bits per heavy atom. The number of hydrogen-bond acceptors (Lipinski definition) is 2. The van der Waals surface area contributed by atoms with Crippen LogP contribution in [0.25, 0.3) is 0 Å². The lowest BCUT2D eigenvalue weighted by atomic mass is 9.73. The van der Waals surface area contributed by atoms with E-state index in [0.29, 0.717) is 6.04 Å². The summed E-state index contributed by atoms with van der Waals surface area (Å²) in [7, 11) is 0. The van der Waals surface area contributed by atoms with Crippen LogP contribution in [0.15, 0.2) is 42.5 Å². The molecule has 1 aliphatic rings. The van der Waals surface area contributed by atoms with Gasteiger partial charge in [-0.05, 0) is 56.2 Å². The van der Waals surface area contributed by atoms with Crippen LogP contribution in [-0.2, 0) is 4.79 Å². The summed E-state index contributed by atoms with van der Waals surface area (Å²) in [4.78, 5) is 11.3. The first-order valence-corrected chi connectivity index (χ1v) is 8.16. The Morgan fingerprint density at radius 1 is 1.29 bits per heavy atom. The number of carbonyl (C=O) groups excluding carboxylic acids is 1. The molecule has 2 atom stereocenters. The van der Waals surface area contributed by atoms with Crippen LogP contribution in [-0.4, -0.2) is 12.3 Å². The fourth-order valence-corrected chi connectivity index (χ4v) is 3.11. The van der Waals surface area contributed by atoms with Gasteiger partial charge in [0.05, 0.1) is 0 Å². The van der Waals surface area contributed by atoms with Crippen molar-refractivity contribution in [2.75, 3.05) is 6.54 Å². The smallest absolute Gasteiger partial charge is 0.155 e. The Balaban J connectivity index is 1.76. The molecular formula is C19H27NO. The molecule has 1 N–H and O–H groups in total. The third-order valence-electron chi connectivity index (χ3n) is 4.80. The summed E-state index contributed by atoms with van der Waals surface area (Å²) in [6, 6.07) is 11.0. The zero-order valence-corrected chi connectivity index (χ0v) is 13.3. The fraction of sp³-hybridized carbons (Fsp3) is 0.526. The zero-order chi connectivity index (χ0) is 15.1. The lowest BCUT2D eigenvalue weighted by Gasteiger charge is -2.32. The molecule has 1 aliphatic carbocycles. The molecule has 0 aliphatic heterocycles. The van der Waals surface area contributed by atoms with Crippen molar-refractivity contribution in [1.82, 2.24) is 5.32 Å². The molecule has 2 rings (SSSR count). The van der Waals surface area contributed by atoms with E-state index in [0.717, 1.165) is 32.2 Å². The van der Waals surface area contributed by atoms with Gasteiger partial charge >= 0.3 is 0 Å². The van der Waals surface area contributed by atoms with Crippen molar-refractivity contribution in [3.63, 3.8) is 0 Å². The predicted molar refractivity (Wildman–Crippen MR) is 88.2 cm³/mol. The summed E-state index contributed by atoms with van der Waals surface area (Å²) in [6.45, 7) is 5.48. The molecule has 21 heavy (non-hydrogen) atoms. The van der Waals surface area contributed by atoms with Gasteiger partial charge in [-0.2, -0.15) is 0 Å². The van der Waals surface area contributed by atoms with Gasteiger partial charge in [-0.25, -0.2) is 0 Å². The molecule has 0 aromatic heterocycles. The second kappa shape index (κ2) is 7.56. The second-order valence-corrected chi connectivity index (χ2v) is 6.21. The van der Waals surface area contributed by atoms with E-state index < -0.39 is 0 Å². The highest BCUT2D eigenvalue weighted by atomic mass is 16.1. The van der Waals surface area contributed by atoms with Gasteiger partial charge in [-0.1, -0.05) is 43.3 Å². The fourth-order valence-electron chi connectivity index (χ4n) is 3.11. The van der Waals surface area contributed by atoms with Crippen LogP contribution < -0.4 is 5.32 Å². The van der Waals surface area contributed by atoms with Gasteiger partial charge in [0.2, 0.25) is 0 Å². The topological polar surface area (TPSA) is 29.1 Å². The monoisotopic (exact) mass is 285 g/mol. The first-order chi connectivity index (χ1) is 10.2. The molecule has 0 bridgehead atoms. The molecule has 1 aromatic carbocycles. The highest BCUT2D eigenvalue weighted by Crippen LogP contribution is 2.37. The third kappa shape index (κ3) is 4.53. The maximum atomic E-state index is 11.3. The molecule has 0 radical (unpaired) electrons. The first kappa shape index (κ1) is 16.0. The average Bonchev–Trinajstić information content (AvgIpc) is 2.54. The van der Waals surface area contributed by atoms with Crippen LogP contribution in [0.1, 0.15) is 57.6 Å². The number of nitrogens with one attached hydrogen (secondary N) is 1. The van der Waals surface area contributed by atoms with Crippen molar-refractivity contribution in [3.05, 3.63) is 48.0 Å². The van der Waals surface area contributed by atoms with E-state index in [4.69, 9.17) is 0 Å². The summed E-state index contributed by atoms with van der Waals surface area (Å²) in [5.41, 5.74) is 1.59. The zero-order valence-electron chi connectivity index (χ0n) is 13.3. The van der Waals surface area contributed by atoms with Gasteiger partial charge in [0.15, 0.2) is 5.78 Å². The number of benzene rings is 1. The number of rotatable bonds is 7. The summed E-state index contributed by atoms with van der Waals surface area (Å²) in [5, 5.41) is 3.60. The third-order valence-corrected chi connectivity index (χ3v) is 4.80. The largest absolute Gasteiger partial charge is 0.310 e. The Labute approximate surface area is 128 Å². The normalized spacial score (nSPS) is 23.2. The van der Waals surface area contributed by atoms with Crippen LogP contribution in [0.4, 0.5) is 0 Å². The summed E-state index contributed by atoms with van der Waals surface area (Å²) in [5.74, 6) is 0.287. The SMILES string of the molecule is CC[C@@]1(CCCN[C@@H](C)c2ccccc2)C=CC(=O)CC1. The van der Waals surface area contributed by atoms with Crippen molar-refractivity contribution in [1.29, 1.82) is 0 Å². The Morgan fingerprint density at radius 2 is 2.05 bits per heavy atom. The summed E-state index contributed by atoms with van der Waals surface area (Å²) >= 11 is 0. The number of hydrogen-bond donors (Lipinski definition) is 1. The predicted octanol–water partition coefficient (Wildman–Crippen LogP) is 4.43. The van der Waals surface area contributed by atoms with Gasteiger partial charge in [0.25, 0.3) is 0 Å². The molecule has 0 heterocycles. The van der Waals surface area contributed by atoms with E-state index in [9.17, 15) is 4.79 Å². The second-order valence-electron chi connectivity index (χ2n) is 6.21. The van der Waals surface area contributed by atoms with Crippen molar-refractivity contribution < 1.29 is 4.79 Å². The van der Waals surface area contributed by atoms with E-state index in [2.05, 4.69) is 55.6 Å². The van der Waals surface area contributed by atoms with E-state index in [1.807, 2.05) is 0 Å². The summed E-state index contributed by atoms with van der Waals surface area (Å²) in [6.07, 6.45) is 9.16. The highest BCUT2D eigenvalue weighted by Gasteiger charge is 2.28. The lowest BCUT2D eigenvalue weighted by Crippen LogP contribution is -2.25. The van der Waals surface area contributed by atoms with Crippen molar-refractivity contribution in [2.24, 2.45) is 5.41 Å². The quantitative estimate of drug-likeness (QED) is 0.751. The number of carbonyl (C=O) groups is 1. The molecule has 114 valence electrons. The van der Waals surface area contributed by atoms with Crippen LogP contribution in [0.3, 0.4) is 0 Å². The number of allylic oxidation sites excluding steroid dienone is 2. The van der Waals surface area contributed by atoms with E-state index in [1.54, 1.807) is 6.08 Å². The molecule has 0 amide bonds. The molecule has 0 unspecified atom stereocenters. The van der Waals surface area contributed by atoms with Crippen LogP contribution >= 0.6 is 0 Å². The van der Waals surface area contributed by atoms with Crippen molar-refractivity contribution in [2.45, 2.75) is 52.0 Å². The molecule has 1 aromatic rings. The molecule has 0 saturated carbocycles. The Kier molecular flexibility index (Phi) is 5.75. The molecule has 2 heteroatoms. The van der Waals surface area contributed by atoms with Gasteiger partial charge in [0, 0.05) is 12.5 Å². The van der Waals surface area contributed by atoms with Gasteiger partial charge in [-0.3, -0.25) is 4.79 Å². The number of ketones is 1. The van der Waals surface area contributed by atoms with Crippen LogP contribution in [0, 0.1) is 5.41 Å². The highest BCUT2D eigenvalue weighted by molar-refractivity contribution is 5.90. The lowest BCUT2D eigenvalue weighted by molar-refractivity contribution is -0.115. The Bertz CT molecular complexity index is 480. The minimum Gasteiger partial charge on any atom is -0.310 e. The first-order valence-electron chi connectivity index (χ1n) is 8.16. The molecule has 0 saturated heterocycles. The summed E-state index contributed by atoms with van der Waals surface area (Å²) < 4.78 is 0. The van der Waals surface area contributed by atoms with Gasteiger partial charge in [0.1, 0.15) is 0 Å². The minimum atomic E-state index is 0.256. The van der Waals surface area contributed by atoms with Crippen molar-refractivity contribution in [3.8, 4) is 0 Å². The molecular weight excluding hydrogens is 258 g/mol. The maximum Gasteiger partial charge on any atom is 0.155 e. The van der Waals surface area contributed by atoms with E-state index in [1.165, 1.54) is 12.0 Å². The van der Waals surface area contributed by atoms with Gasteiger partial charge < -0.3 is 5.32 Å². The van der Waals surface area contributed by atoms with Gasteiger partial charge in [-0.15, -0.1) is 0 Å². The van der Waals surface area contributed by atoms with Crippen LogP contribution in [0.5, 0.6) is 0 Å².